The minimum atomic E-state index is -1.19. The van der Waals surface area contributed by atoms with Crippen LogP contribution in [-0.2, 0) is 20.4 Å². The fraction of sp³-hybridized carbons (Fsp3) is 1.00. The molecule has 0 aromatic rings. The van der Waals surface area contributed by atoms with Crippen molar-refractivity contribution in [1.82, 2.24) is 0 Å². The van der Waals surface area contributed by atoms with E-state index < -0.39 is 10.9 Å². The number of rotatable bonds is 3. The van der Waals surface area contributed by atoms with Crippen molar-refractivity contribution < 1.29 is 20.4 Å². The SMILES string of the molecule is COCCOC.[Cl][Co]([Cl])[Cl]. The van der Waals surface area contributed by atoms with Gasteiger partial charge in [-0.3, -0.25) is 0 Å². The van der Waals surface area contributed by atoms with E-state index in [-0.39, 0.29) is 0 Å². The molecule has 0 aromatic heterocycles. The first kappa shape index (κ1) is 13.9. The molecule has 0 rings (SSSR count). The standard InChI is InChI=1S/C4H10O2.3ClH.Co/c1-5-3-4-6-2;;;;/h3-4H2,1-2H3;3*1H;/q;;;;+3/p-3. The van der Waals surface area contributed by atoms with Crippen molar-refractivity contribution >= 4 is 30.4 Å². The van der Waals surface area contributed by atoms with Crippen molar-refractivity contribution in [2.45, 2.75) is 0 Å². The molecule has 0 spiro atoms. The van der Waals surface area contributed by atoms with Gasteiger partial charge in [-0.1, -0.05) is 0 Å². The van der Waals surface area contributed by atoms with Crippen LogP contribution in [0.1, 0.15) is 0 Å². The van der Waals surface area contributed by atoms with Crippen LogP contribution in [0.15, 0.2) is 0 Å². The Morgan fingerprint density at radius 1 is 1.00 bits per heavy atom. The van der Waals surface area contributed by atoms with E-state index >= 15 is 0 Å². The summed E-state index contributed by atoms with van der Waals surface area (Å²) in [4.78, 5) is 0. The molecule has 0 aliphatic carbocycles. The molecule has 0 saturated heterocycles. The second kappa shape index (κ2) is 12.9. The normalized spacial score (nSPS) is 9.90. The number of hydrogen-bond donors (Lipinski definition) is 0. The van der Waals surface area contributed by atoms with E-state index in [1.54, 1.807) is 14.2 Å². The van der Waals surface area contributed by atoms with Crippen LogP contribution in [0.5, 0.6) is 0 Å². The third kappa shape index (κ3) is 34.7. The molecule has 6 heteroatoms. The predicted molar refractivity (Wildman–Crippen MR) is 41.3 cm³/mol. The Morgan fingerprint density at radius 3 is 1.30 bits per heavy atom. The first-order chi connectivity index (χ1) is 4.65. The quantitative estimate of drug-likeness (QED) is 0.721. The zero-order valence-corrected chi connectivity index (χ0v) is 9.01. The summed E-state index contributed by atoms with van der Waals surface area (Å²) in [6.45, 7) is 1.38. The fourth-order valence-corrected chi connectivity index (χ4v) is 0.167. The number of ether oxygens (including phenoxy) is 2. The number of halogens is 3. The van der Waals surface area contributed by atoms with Gasteiger partial charge in [0, 0.05) is 14.2 Å². The Kier molecular flexibility index (Phi) is 17.9. The molecule has 0 bridgehead atoms. The van der Waals surface area contributed by atoms with E-state index in [9.17, 15) is 0 Å². The van der Waals surface area contributed by atoms with Crippen molar-refractivity contribution in [3.63, 3.8) is 0 Å². The summed E-state index contributed by atoms with van der Waals surface area (Å²) in [6, 6.07) is 0. The molecule has 68 valence electrons. The zero-order valence-electron chi connectivity index (χ0n) is 5.70. The van der Waals surface area contributed by atoms with Crippen LogP contribution in [0, 0.1) is 0 Å². The molecule has 10 heavy (non-hydrogen) atoms. The predicted octanol–water partition coefficient (Wildman–Crippen LogP) is 2.35. The third-order valence-corrected chi connectivity index (χ3v) is 0.492. The van der Waals surface area contributed by atoms with Crippen LogP contribution in [0.4, 0.5) is 0 Å². The van der Waals surface area contributed by atoms with Crippen molar-refractivity contribution in [3.05, 3.63) is 0 Å². The van der Waals surface area contributed by atoms with E-state index in [2.05, 4.69) is 9.47 Å². The van der Waals surface area contributed by atoms with Crippen LogP contribution < -0.4 is 0 Å². The van der Waals surface area contributed by atoms with E-state index in [1.807, 2.05) is 0 Å². The van der Waals surface area contributed by atoms with E-state index in [0.29, 0.717) is 13.2 Å². The molecule has 0 unspecified atom stereocenters. The first-order valence-corrected chi connectivity index (χ1v) is 6.57. The molecule has 0 heterocycles. The fourth-order valence-electron chi connectivity index (χ4n) is 0.167. The van der Waals surface area contributed by atoms with Gasteiger partial charge in [-0.25, -0.2) is 0 Å². The topological polar surface area (TPSA) is 18.5 Å². The average molecular weight is 255 g/mol. The van der Waals surface area contributed by atoms with Crippen molar-refractivity contribution in [2.24, 2.45) is 0 Å². The second-order valence-corrected chi connectivity index (χ2v) is 6.29. The van der Waals surface area contributed by atoms with Gasteiger partial charge in [-0.15, -0.1) is 0 Å². The van der Waals surface area contributed by atoms with E-state index in [1.165, 1.54) is 0 Å². The molecular formula is C4H10Cl3CoO2. The Labute approximate surface area is 78.2 Å². The molecule has 0 amide bonds. The maximum absolute atomic E-state index is 4.87. The van der Waals surface area contributed by atoms with Crippen LogP contribution in [0.25, 0.3) is 0 Å². The van der Waals surface area contributed by atoms with Crippen molar-refractivity contribution in [1.29, 1.82) is 0 Å². The van der Waals surface area contributed by atoms with Gasteiger partial charge in [0.05, 0.1) is 13.2 Å². The summed E-state index contributed by atoms with van der Waals surface area (Å²) in [6.07, 6.45) is 0. The van der Waals surface area contributed by atoms with Crippen LogP contribution in [-0.4, -0.2) is 27.4 Å². The van der Waals surface area contributed by atoms with Gasteiger partial charge in [0.25, 0.3) is 0 Å². The molecule has 0 saturated carbocycles. The Balaban J connectivity index is 0. The number of methoxy groups -OCH3 is 2. The molecule has 0 aliphatic heterocycles. The molecule has 0 radical (unpaired) electrons. The monoisotopic (exact) mass is 254 g/mol. The zero-order chi connectivity index (χ0) is 8.41. The van der Waals surface area contributed by atoms with Crippen LogP contribution in [0.2, 0.25) is 0 Å². The van der Waals surface area contributed by atoms with E-state index in [0.717, 1.165) is 0 Å². The van der Waals surface area contributed by atoms with Gasteiger partial charge >= 0.3 is 41.4 Å². The summed E-state index contributed by atoms with van der Waals surface area (Å²) >= 11 is 0. The van der Waals surface area contributed by atoms with Gasteiger partial charge in [0.2, 0.25) is 0 Å². The van der Waals surface area contributed by atoms with Crippen LogP contribution >= 0.6 is 30.4 Å². The molecule has 0 fully saturated rings. The molecular weight excluding hydrogens is 245 g/mol. The molecule has 0 N–H and O–H groups in total. The second-order valence-electron chi connectivity index (χ2n) is 1.13. The van der Waals surface area contributed by atoms with Crippen LogP contribution in [0.3, 0.4) is 0 Å². The summed E-state index contributed by atoms with van der Waals surface area (Å²) in [7, 11) is 16.7. The molecule has 2 nitrogen and oxygen atoms in total. The van der Waals surface area contributed by atoms with Gasteiger partial charge < -0.3 is 9.47 Å². The minimum absolute atomic E-state index is 0.691. The van der Waals surface area contributed by atoms with Gasteiger partial charge in [-0.2, -0.15) is 0 Å². The average Bonchev–Trinajstić information content (AvgIpc) is 1.82. The van der Waals surface area contributed by atoms with Gasteiger partial charge in [0.1, 0.15) is 0 Å². The first-order valence-electron chi connectivity index (χ1n) is 2.27. The summed E-state index contributed by atoms with van der Waals surface area (Å²) in [5.74, 6) is 0. The van der Waals surface area contributed by atoms with Crippen molar-refractivity contribution in [2.75, 3.05) is 27.4 Å². The Morgan fingerprint density at radius 2 is 1.20 bits per heavy atom. The summed E-state index contributed by atoms with van der Waals surface area (Å²) < 4.78 is 9.31. The van der Waals surface area contributed by atoms with Gasteiger partial charge in [0.15, 0.2) is 0 Å². The molecule has 0 aliphatic rings. The van der Waals surface area contributed by atoms with Gasteiger partial charge in [-0.05, 0) is 0 Å². The molecule has 0 atom stereocenters. The maximum atomic E-state index is 4.87. The Bertz CT molecular complexity index is 49.0. The summed E-state index contributed by atoms with van der Waals surface area (Å²) in [5.41, 5.74) is 0. The third-order valence-electron chi connectivity index (χ3n) is 0.492. The van der Waals surface area contributed by atoms with Crippen molar-refractivity contribution in [3.8, 4) is 0 Å². The summed E-state index contributed by atoms with van der Waals surface area (Å²) in [5, 5.41) is 0. The van der Waals surface area contributed by atoms with E-state index in [4.69, 9.17) is 30.4 Å². The number of hydrogen-bond acceptors (Lipinski definition) is 2. The molecule has 0 aromatic carbocycles. The Hall–Kier alpha value is 1.30.